The summed E-state index contributed by atoms with van der Waals surface area (Å²) in [6.07, 6.45) is 3.11. The number of rotatable bonds is 6. The van der Waals surface area contributed by atoms with Gasteiger partial charge in [-0.25, -0.2) is 13.1 Å². The van der Waals surface area contributed by atoms with Gasteiger partial charge in [0.15, 0.2) is 0 Å². The molecule has 4 nitrogen and oxygen atoms in total. The summed E-state index contributed by atoms with van der Waals surface area (Å²) in [4.78, 5) is 0. The van der Waals surface area contributed by atoms with Crippen molar-refractivity contribution < 1.29 is 13.2 Å². The van der Waals surface area contributed by atoms with Crippen LogP contribution in [0.4, 0.5) is 0 Å². The fraction of sp³-hybridized carbons (Fsp3) is 0.538. The Morgan fingerprint density at radius 1 is 1.28 bits per heavy atom. The molecule has 1 aliphatic rings. The van der Waals surface area contributed by atoms with Crippen LogP contribution in [0.5, 0.6) is 0 Å². The normalized spacial score (nSPS) is 20.1. The Bertz CT molecular complexity index is 452. The van der Waals surface area contributed by atoms with Crippen molar-refractivity contribution in [3.05, 3.63) is 35.9 Å². The summed E-state index contributed by atoms with van der Waals surface area (Å²) in [7, 11) is -3.23. The predicted molar refractivity (Wildman–Crippen MR) is 70.7 cm³/mol. The molecule has 2 rings (SSSR count). The summed E-state index contributed by atoms with van der Waals surface area (Å²) in [5, 5.41) is 0. The summed E-state index contributed by atoms with van der Waals surface area (Å²) in [6, 6.07) is 9.20. The first-order valence-electron chi connectivity index (χ1n) is 6.28. The monoisotopic (exact) mass is 269 g/mol. The Balaban J connectivity index is 1.77. The van der Waals surface area contributed by atoms with Crippen molar-refractivity contribution in [1.82, 2.24) is 4.72 Å². The lowest BCUT2D eigenvalue weighted by Crippen LogP contribution is -2.28. The zero-order valence-corrected chi connectivity index (χ0v) is 11.2. The third kappa shape index (κ3) is 4.40. The van der Waals surface area contributed by atoms with Crippen molar-refractivity contribution in [2.24, 2.45) is 0 Å². The van der Waals surface area contributed by atoms with E-state index in [1.165, 1.54) is 0 Å². The zero-order chi connectivity index (χ0) is 12.8. The van der Waals surface area contributed by atoms with Crippen molar-refractivity contribution in [2.45, 2.75) is 31.1 Å². The van der Waals surface area contributed by atoms with Crippen LogP contribution < -0.4 is 4.72 Å². The lowest BCUT2D eigenvalue weighted by atomic mass is 10.2. The molecule has 5 heteroatoms. The van der Waals surface area contributed by atoms with Gasteiger partial charge in [0.05, 0.1) is 11.9 Å². The highest BCUT2D eigenvalue weighted by Crippen LogP contribution is 2.14. The first-order valence-corrected chi connectivity index (χ1v) is 7.94. The Labute approximate surface area is 108 Å². The predicted octanol–water partition coefficient (Wildman–Crippen LogP) is 1.68. The average molecular weight is 269 g/mol. The molecule has 1 fully saturated rings. The summed E-state index contributed by atoms with van der Waals surface area (Å²) < 4.78 is 31.7. The SMILES string of the molecule is O=S(=O)(Cc1ccccc1)NCC[C@H]1CCCO1. The molecule has 18 heavy (non-hydrogen) atoms. The number of hydrogen-bond acceptors (Lipinski definition) is 3. The Morgan fingerprint density at radius 2 is 2.06 bits per heavy atom. The maximum absolute atomic E-state index is 11.8. The van der Waals surface area contributed by atoms with E-state index >= 15 is 0 Å². The standard InChI is InChI=1S/C13H19NO3S/c15-18(16,11-12-5-2-1-3-6-12)14-9-8-13-7-4-10-17-13/h1-3,5-6,13-14H,4,7-11H2/t13-/m1/s1. The molecule has 0 amide bonds. The molecule has 1 aromatic rings. The molecule has 0 bridgehead atoms. The molecule has 1 aliphatic heterocycles. The Hall–Kier alpha value is -0.910. The molecule has 0 aromatic heterocycles. The molecule has 1 saturated heterocycles. The topological polar surface area (TPSA) is 55.4 Å². The molecule has 0 saturated carbocycles. The molecule has 0 unspecified atom stereocenters. The van der Waals surface area contributed by atoms with E-state index < -0.39 is 10.0 Å². The second kappa shape index (κ2) is 6.31. The second-order valence-corrected chi connectivity index (χ2v) is 6.37. The van der Waals surface area contributed by atoms with Crippen molar-refractivity contribution in [3.8, 4) is 0 Å². The molecule has 1 heterocycles. The largest absolute Gasteiger partial charge is 0.378 e. The van der Waals surface area contributed by atoms with E-state index in [0.29, 0.717) is 6.54 Å². The second-order valence-electron chi connectivity index (χ2n) is 4.56. The maximum Gasteiger partial charge on any atom is 0.215 e. The van der Waals surface area contributed by atoms with E-state index in [9.17, 15) is 8.42 Å². The average Bonchev–Trinajstić information content (AvgIpc) is 2.82. The lowest BCUT2D eigenvalue weighted by Gasteiger charge is -2.10. The lowest BCUT2D eigenvalue weighted by molar-refractivity contribution is 0.105. The van der Waals surface area contributed by atoms with Gasteiger partial charge in [-0.15, -0.1) is 0 Å². The van der Waals surface area contributed by atoms with E-state index in [2.05, 4.69) is 4.72 Å². The number of hydrogen-bond donors (Lipinski definition) is 1. The van der Waals surface area contributed by atoms with Crippen LogP contribution in [0.3, 0.4) is 0 Å². The highest BCUT2D eigenvalue weighted by Gasteiger charge is 2.17. The molecule has 1 atom stereocenters. The van der Waals surface area contributed by atoms with Crippen LogP contribution in [0.1, 0.15) is 24.8 Å². The fourth-order valence-electron chi connectivity index (χ4n) is 2.09. The summed E-state index contributed by atoms with van der Waals surface area (Å²) in [5.74, 6) is 0.0410. The summed E-state index contributed by atoms with van der Waals surface area (Å²) in [5.41, 5.74) is 0.808. The van der Waals surface area contributed by atoms with Gasteiger partial charge in [0.1, 0.15) is 0 Å². The van der Waals surface area contributed by atoms with Gasteiger partial charge in [-0.05, 0) is 24.8 Å². The minimum Gasteiger partial charge on any atom is -0.378 e. The van der Waals surface area contributed by atoms with Crippen molar-refractivity contribution in [1.29, 1.82) is 0 Å². The van der Waals surface area contributed by atoms with E-state index in [1.807, 2.05) is 30.3 Å². The zero-order valence-electron chi connectivity index (χ0n) is 10.3. The third-order valence-electron chi connectivity index (χ3n) is 3.01. The number of sulfonamides is 1. The molecule has 0 spiro atoms. The van der Waals surface area contributed by atoms with Crippen LogP contribution in [-0.2, 0) is 20.5 Å². The van der Waals surface area contributed by atoms with Gasteiger partial charge >= 0.3 is 0 Å². The van der Waals surface area contributed by atoms with Crippen molar-refractivity contribution in [2.75, 3.05) is 13.2 Å². The van der Waals surface area contributed by atoms with Gasteiger partial charge < -0.3 is 4.74 Å². The van der Waals surface area contributed by atoms with Gasteiger partial charge in [-0.1, -0.05) is 30.3 Å². The van der Waals surface area contributed by atoms with Gasteiger partial charge in [-0.3, -0.25) is 0 Å². The minimum atomic E-state index is -3.23. The number of benzene rings is 1. The highest BCUT2D eigenvalue weighted by atomic mass is 32.2. The van der Waals surface area contributed by atoms with E-state index in [1.54, 1.807) is 0 Å². The van der Waals surface area contributed by atoms with Gasteiger partial charge in [0, 0.05) is 13.2 Å². The molecule has 100 valence electrons. The number of ether oxygens (including phenoxy) is 1. The molecular formula is C13H19NO3S. The number of nitrogens with one attached hydrogen (secondary N) is 1. The third-order valence-corrected chi connectivity index (χ3v) is 4.37. The highest BCUT2D eigenvalue weighted by molar-refractivity contribution is 7.88. The van der Waals surface area contributed by atoms with Crippen LogP contribution in [-0.4, -0.2) is 27.7 Å². The first kappa shape index (κ1) is 13.5. The molecule has 1 N–H and O–H groups in total. The van der Waals surface area contributed by atoms with Gasteiger partial charge in [0.25, 0.3) is 0 Å². The fourth-order valence-corrected chi connectivity index (χ4v) is 3.25. The van der Waals surface area contributed by atoms with Crippen LogP contribution in [0.15, 0.2) is 30.3 Å². The van der Waals surface area contributed by atoms with Gasteiger partial charge in [-0.2, -0.15) is 0 Å². The van der Waals surface area contributed by atoms with Crippen molar-refractivity contribution in [3.63, 3.8) is 0 Å². The molecule has 0 aliphatic carbocycles. The molecule has 1 aromatic carbocycles. The van der Waals surface area contributed by atoms with Crippen LogP contribution in [0.25, 0.3) is 0 Å². The maximum atomic E-state index is 11.8. The van der Waals surface area contributed by atoms with Crippen molar-refractivity contribution >= 4 is 10.0 Å². The van der Waals surface area contributed by atoms with Gasteiger partial charge in [0.2, 0.25) is 10.0 Å². The van der Waals surface area contributed by atoms with E-state index in [-0.39, 0.29) is 11.9 Å². The van der Waals surface area contributed by atoms with Crippen LogP contribution in [0.2, 0.25) is 0 Å². The Kier molecular flexibility index (Phi) is 4.74. The minimum absolute atomic E-state index is 0.0410. The van der Waals surface area contributed by atoms with E-state index in [0.717, 1.165) is 31.4 Å². The van der Waals surface area contributed by atoms with Crippen LogP contribution in [0, 0.1) is 0 Å². The summed E-state index contributed by atoms with van der Waals surface area (Å²) >= 11 is 0. The quantitative estimate of drug-likeness (QED) is 0.854. The Morgan fingerprint density at radius 3 is 2.72 bits per heavy atom. The summed E-state index contributed by atoms with van der Waals surface area (Å²) in [6.45, 7) is 1.27. The smallest absolute Gasteiger partial charge is 0.215 e. The molecular weight excluding hydrogens is 250 g/mol. The first-order chi connectivity index (χ1) is 8.66. The molecule has 0 radical (unpaired) electrons. The van der Waals surface area contributed by atoms with E-state index in [4.69, 9.17) is 4.74 Å². The van der Waals surface area contributed by atoms with Crippen LogP contribution >= 0.6 is 0 Å².